The van der Waals surface area contributed by atoms with Crippen LogP contribution in [0, 0.1) is 27.2 Å². The maximum Gasteiger partial charge on any atom is 0.468 e. The van der Waals surface area contributed by atoms with Crippen molar-refractivity contribution in [1.82, 2.24) is 19.6 Å². The lowest BCUT2D eigenvalue weighted by atomic mass is 10.2. The second-order valence-corrected chi connectivity index (χ2v) is 6.26. The predicted molar refractivity (Wildman–Crippen MR) is 103 cm³/mol. The highest BCUT2D eigenvalue weighted by molar-refractivity contribution is 5.90. The molecule has 0 aliphatic carbocycles. The van der Waals surface area contributed by atoms with Crippen molar-refractivity contribution in [2.24, 2.45) is 0 Å². The van der Waals surface area contributed by atoms with Gasteiger partial charge in [-0.05, 0) is 29.5 Å². The van der Waals surface area contributed by atoms with E-state index in [4.69, 9.17) is 4.74 Å². The largest absolute Gasteiger partial charge is 0.497 e. The first-order valence-corrected chi connectivity index (χ1v) is 8.60. The summed E-state index contributed by atoms with van der Waals surface area (Å²) in [6.07, 6.45) is 3.05. The standard InChI is InChI=1S/C17H17N7O6/c1-11-16(23(26)27)17(24(28)29)20-22(11)10-15(25)19-13-7-18-21(9-13)8-12-4-3-5-14(6-12)30-2/h3-7,9H,8,10H2,1-2H3,(H,19,25). The van der Waals surface area contributed by atoms with Crippen LogP contribution in [0.3, 0.4) is 0 Å². The molecule has 0 unspecified atom stereocenters. The molecule has 1 aromatic carbocycles. The molecular weight excluding hydrogens is 398 g/mol. The minimum absolute atomic E-state index is 0.0874. The van der Waals surface area contributed by atoms with Crippen LogP contribution in [0.4, 0.5) is 17.2 Å². The number of methoxy groups -OCH3 is 1. The van der Waals surface area contributed by atoms with Crippen LogP contribution in [0.2, 0.25) is 0 Å². The zero-order valence-corrected chi connectivity index (χ0v) is 16.0. The molecular formula is C17H17N7O6. The number of carbonyl (C=O) groups excluding carboxylic acids is 1. The fourth-order valence-electron chi connectivity index (χ4n) is 2.82. The van der Waals surface area contributed by atoms with Gasteiger partial charge in [-0.1, -0.05) is 12.1 Å². The van der Waals surface area contributed by atoms with Crippen molar-refractivity contribution < 1.29 is 19.4 Å². The van der Waals surface area contributed by atoms with E-state index < -0.39 is 33.8 Å². The molecule has 0 aliphatic rings. The van der Waals surface area contributed by atoms with Crippen molar-refractivity contribution in [3.63, 3.8) is 0 Å². The Labute approximate surface area is 169 Å². The van der Waals surface area contributed by atoms with Crippen molar-refractivity contribution >= 4 is 23.1 Å². The number of benzene rings is 1. The fraction of sp³-hybridized carbons (Fsp3) is 0.235. The van der Waals surface area contributed by atoms with Crippen molar-refractivity contribution in [3.05, 3.63) is 68.1 Å². The predicted octanol–water partition coefficient (Wildman–Crippen LogP) is 1.90. The molecule has 1 amide bonds. The molecule has 3 rings (SSSR count). The Balaban J connectivity index is 1.68. The quantitative estimate of drug-likeness (QED) is 0.431. The summed E-state index contributed by atoms with van der Waals surface area (Å²) in [4.78, 5) is 32.5. The van der Waals surface area contributed by atoms with Gasteiger partial charge in [0.1, 0.15) is 18.0 Å². The van der Waals surface area contributed by atoms with Gasteiger partial charge in [0, 0.05) is 6.20 Å². The number of anilines is 1. The summed E-state index contributed by atoms with van der Waals surface area (Å²) in [7, 11) is 1.57. The lowest BCUT2D eigenvalue weighted by Gasteiger charge is -2.05. The van der Waals surface area contributed by atoms with Gasteiger partial charge in [-0.3, -0.25) is 19.6 Å². The van der Waals surface area contributed by atoms with E-state index in [1.165, 1.54) is 13.1 Å². The van der Waals surface area contributed by atoms with Gasteiger partial charge in [0.2, 0.25) is 5.91 Å². The lowest BCUT2D eigenvalue weighted by Crippen LogP contribution is -2.20. The third kappa shape index (κ3) is 4.40. The van der Waals surface area contributed by atoms with Crippen molar-refractivity contribution in [3.8, 4) is 5.75 Å². The molecule has 13 heteroatoms. The molecule has 0 radical (unpaired) electrons. The van der Waals surface area contributed by atoms with Gasteiger partial charge < -0.3 is 20.2 Å². The van der Waals surface area contributed by atoms with Gasteiger partial charge in [-0.2, -0.15) is 9.78 Å². The zero-order chi connectivity index (χ0) is 21.8. The van der Waals surface area contributed by atoms with Crippen LogP contribution in [-0.2, 0) is 17.9 Å². The number of carbonyl (C=O) groups is 1. The van der Waals surface area contributed by atoms with Crippen LogP contribution in [0.15, 0.2) is 36.7 Å². The second-order valence-electron chi connectivity index (χ2n) is 6.26. The van der Waals surface area contributed by atoms with E-state index in [1.807, 2.05) is 24.3 Å². The Kier molecular flexibility index (Phi) is 5.71. The van der Waals surface area contributed by atoms with Crippen LogP contribution < -0.4 is 10.1 Å². The van der Waals surface area contributed by atoms with Crippen molar-refractivity contribution in [2.45, 2.75) is 20.0 Å². The molecule has 0 aliphatic heterocycles. The average Bonchev–Trinajstić information content (AvgIpc) is 3.26. The van der Waals surface area contributed by atoms with Crippen LogP contribution in [0.1, 0.15) is 11.3 Å². The second kappa shape index (κ2) is 8.38. The Morgan fingerprint density at radius 1 is 1.27 bits per heavy atom. The molecule has 30 heavy (non-hydrogen) atoms. The highest BCUT2D eigenvalue weighted by atomic mass is 16.6. The van der Waals surface area contributed by atoms with E-state index in [9.17, 15) is 25.0 Å². The Bertz CT molecular complexity index is 1120. The van der Waals surface area contributed by atoms with E-state index in [2.05, 4.69) is 15.5 Å². The molecule has 0 fully saturated rings. The number of amides is 1. The average molecular weight is 415 g/mol. The maximum atomic E-state index is 12.3. The van der Waals surface area contributed by atoms with Crippen LogP contribution in [0.5, 0.6) is 5.75 Å². The summed E-state index contributed by atoms with van der Waals surface area (Å²) < 4.78 is 7.71. The first-order valence-electron chi connectivity index (χ1n) is 8.60. The van der Waals surface area contributed by atoms with Crippen LogP contribution in [0.25, 0.3) is 0 Å². The molecule has 3 aromatic rings. The SMILES string of the molecule is COc1cccc(Cn2cc(NC(=O)Cn3nc([N+](=O)[O-])c([N+](=O)[O-])c3C)cn2)c1. The van der Waals surface area contributed by atoms with Gasteiger partial charge in [0.15, 0.2) is 0 Å². The normalized spacial score (nSPS) is 10.6. The van der Waals surface area contributed by atoms with Crippen LogP contribution in [-0.4, -0.2) is 42.4 Å². The molecule has 0 saturated heterocycles. The number of aromatic nitrogens is 4. The summed E-state index contributed by atoms with van der Waals surface area (Å²) in [6.45, 7) is 1.31. The number of hydrogen-bond acceptors (Lipinski definition) is 8. The van der Waals surface area contributed by atoms with Gasteiger partial charge in [0.25, 0.3) is 0 Å². The Morgan fingerprint density at radius 2 is 2.03 bits per heavy atom. The van der Waals surface area contributed by atoms with Gasteiger partial charge in [0.05, 0.1) is 35.6 Å². The fourth-order valence-corrected chi connectivity index (χ4v) is 2.82. The Morgan fingerprint density at radius 3 is 2.67 bits per heavy atom. The number of nitrogens with zero attached hydrogens (tertiary/aromatic N) is 6. The third-order valence-corrected chi connectivity index (χ3v) is 4.20. The monoisotopic (exact) mass is 415 g/mol. The highest BCUT2D eigenvalue weighted by Gasteiger charge is 2.35. The first kappa shape index (κ1) is 20.4. The molecule has 2 heterocycles. The minimum atomic E-state index is -0.956. The minimum Gasteiger partial charge on any atom is -0.497 e. The maximum absolute atomic E-state index is 12.3. The number of nitrogens with one attached hydrogen (secondary N) is 1. The highest BCUT2D eigenvalue weighted by Crippen LogP contribution is 2.29. The molecule has 156 valence electrons. The zero-order valence-electron chi connectivity index (χ0n) is 16.0. The van der Waals surface area contributed by atoms with Gasteiger partial charge in [-0.25, -0.2) is 0 Å². The van der Waals surface area contributed by atoms with Crippen molar-refractivity contribution in [2.75, 3.05) is 12.4 Å². The lowest BCUT2D eigenvalue weighted by molar-refractivity contribution is -0.424. The molecule has 0 saturated carbocycles. The van der Waals surface area contributed by atoms with E-state index in [0.29, 0.717) is 18.0 Å². The van der Waals surface area contributed by atoms with E-state index in [1.54, 1.807) is 18.0 Å². The Hall–Kier alpha value is -4.29. The summed E-state index contributed by atoms with van der Waals surface area (Å²) in [5.74, 6) is -0.756. The summed E-state index contributed by atoms with van der Waals surface area (Å²) in [5.41, 5.74) is 0.522. The summed E-state index contributed by atoms with van der Waals surface area (Å²) in [6, 6.07) is 7.44. The van der Waals surface area contributed by atoms with Crippen LogP contribution >= 0.6 is 0 Å². The molecule has 1 N–H and O–H groups in total. The topological polar surface area (TPSA) is 160 Å². The number of rotatable bonds is 8. The molecule has 13 nitrogen and oxygen atoms in total. The van der Waals surface area contributed by atoms with E-state index in [-0.39, 0.29) is 5.69 Å². The molecule has 0 atom stereocenters. The number of hydrogen-bond donors (Lipinski definition) is 1. The van der Waals surface area contributed by atoms with Crippen molar-refractivity contribution in [1.29, 1.82) is 0 Å². The third-order valence-electron chi connectivity index (χ3n) is 4.20. The number of ether oxygens (including phenoxy) is 1. The smallest absolute Gasteiger partial charge is 0.468 e. The van der Waals surface area contributed by atoms with E-state index >= 15 is 0 Å². The summed E-state index contributed by atoms with van der Waals surface area (Å²) >= 11 is 0. The number of nitro groups is 2. The molecule has 0 spiro atoms. The first-order chi connectivity index (χ1) is 14.3. The van der Waals surface area contributed by atoms with Gasteiger partial charge in [-0.15, -0.1) is 0 Å². The summed E-state index contributed by atoms with van der Waals surface area (Å²) in [5, 5.41) is 32.4. The molecule has 2 aromatic heterocycles. The van der Waals surface area contributed by atoms with E-state index in [0.717, 1.165) is 10.2 Å². The van der Waals surface area contributed by atoms with Gasteiger partial charge >= 0.3 is 11.5 Å². The molecule has 0 bridgehead atoms.